The first-order valence-corrected chi connectivity index (χ1v) is 10.2. The number of amidine groups is 2. The summed E-state index contributed by atoms with van der Waals surface area (Å²) in [5.41, 5.74) is 0.728. The Morgan fingerprint density at radius 3 is 2.77 bits per heavy atom. The highest BCUT2D eigenvalue weighted by Gasteiger charge is 2.36. The number of amides is 1. The van der Waals surface area contributed by atoms with E-state index in [1.807, 2.05) is 0 Å². The van der Waals surface area contributed by atoms with Crippen LogP contribution >= 0.6 is 35.0 Å². The predicted octanol–water partition coefficient (Wildman–Crippen LogP) is 5.51. The summed E-state index contributed by atoms with van der Waals surface area (Å²) in [7, 11) is 0. The molecule has 1 amide bonds. The van der Waals surface area contributed by atoms with Crippen molar-refractivity contribution in [1.29, 1.82) is 5.41 Å². The normalized spacial score (nSPS) is 17.4. The van der Waals surface area contributed by atoms with Crippen molar-refractivity contribution in [2.24, 2.45) is 10.1 Å². The lowest BCUT2D eigenvalue weighted by molar-refractivity contribution is -0.114. The lowest BCUT2D eigenvalue weighted by Crippen LogP contribution is -2.35. The zero-order valence-electron chi connectivity index (χ0n) is 14.9. The van der Waals surface area contributed by atoms with Gasteiger partial charge in [0.25, 0.3) is 5.91 Å². The van der Waals surface area contributed by atoms with E-state index >= 15 is 0 Å². The molecule has 148 valence electrons. The van der Waals surface area contributed by atoms with Crippen molar-refractivity contribution in [3.63, 3.8) is 0 Å². The lowest BCUT2D eigenvalue weighted by Gasteiger charge is -2.19. The molecule has 0 bridgehead atoms. The second kappa shape index (κ2) is 7.32. The molecule has 1 aromatic carbocycles. The third-order valence-electron chi connectivity index (χ3n) is 4.30. The number of hydrogen-bond acceptors (Lipinski definition) is 6. The summed E-state index contributed by atoms with van der Waals surface area (Å²) < 4.78 is 11.1. The Kier molecular flexibility index (Phi) is 4.62. The smallest absolute Gasteiger partial charge is 0.283 e. The molecule has 0 fully saturated rings. The van der Waals surface area contributed by atoms with Gasteiger partial charge in [0, 0.05) is 10.6 Å². The number of carbonyl (C=O) groups excluding carboxylic acids is 1. The van der Waals surface area contributed by atoms with Gasteiger partial charge < -0.3 is 8.83 Å². The van der Waals surface area contributed by atoms with E-state index in [1.165, 1.54) is 29.1 Å². The fourth-order valence-corrected chi connectivity index (χ4v) is 4.26. The average Bonchev–Trinajstić information content (AvgIpc) is 3.45. The van der Waals surface area contributed by atoms with Crippen LogP contribution in [-0.2, 0) is 4.79 Å². The topological polar surface area (TPSA) is 95.2 Å². The number of halogens is 2. The number of aliphatic imine (C=N–C) groups is 1. The molecule has 4 heterocycles. The van der Waals surface area contributed by atoms with Gasteiger partial charge >= 0.3 is 0 Å². The Morgan fingerprint density at radius 1 is 1.13 bits per heavy atom. The van der Waals surface area contributed by atoms with E-state index in [0.717, 1.165) is 0 Å². The molecule has 1 N–H and O–H groups in total. The zero-order valence-corrected chi connectivity index (χ0v) is 17.3. The van der Waals surface area contributed by atoms with Crippen LogP contribution in [0.4, 0.5) is 0 Å². The van der Waals surface area contributed by atoms with Crippen molar-refractivity contribution in [1.82, 2.24) is 5.01 Å². The number of carbonyl (C=O) groups is 1. The Hall–Kier alpha value is -3.07. The predicted molar refractivity (Wildman–Crippen MR) is 117 cm³/mol. The van der Waals surface area contributed by atoms with Crippen LogP contribution in [0, 0.1) is 5.41 Å². The summed E-state index contributed by atoms with van der Waals surface area (Å²) in [5.74, 6) is 0.791. The van der Waals surface area contributed by atoms with Crippen LogP contribution in [0.2, 0.25) is 10.0 Å². The van der Waals surface area contributed by atoms with Gasteiger partial charge in [-0.2, -0.15) is 15.1 Å². The molecule has 3 aromatic rings. The summed E-state index contributed by atoms with van der Waals surface area (Å²) in [6.45, 7) is 0. The largest absolute Gasteiger partial charge is 0.462 e. The zero-order chi connectivity index (χ0) is 20.8. The van der Waals surface area contributed by atoms with Gasteiger partial charge in [0.05, 0.1) is 16.9 Å². The minimum atomic E-state index is -0.544. The van der Waals surface area contributed by atoms with E-state index < -0.39 is 5.91 Å². The number of rotatable bonds is 3. The molecule has 0 saturated heterocycles. The Labute approximate surface area is 184 Å². The highest BCUT2D eigenvalue weighted by Crippen LogP contribution is 2.34. The van der Waals surface area contributed by atoms with Gasteiger partial charge in [0.2, 0.25) is 5.17 Å². The van der Waals surface area contributed by atoms with Crippen LogP contribution in [-0.4, -0.2) is 27.0 Å². The maximum absolute atomic E-state index is 12.5. The number of nitrogens with zero attached hydrogens (tertiary/aromatic N) is 3. The van der Waals surface area contributed by atoms with Crippen molar-refractivity contribution in [2.45, 2.75) is 0 Å². The first kappa shape index (κ1) is 18.9. The van der Waals surface area contributed by atoms with Crippen LogP contribution in [0.15, 0.2) is 73.2 Å². The third-order valence-corrected chi connectivity index (χ3v) is 5.77. The molecule has 5 rings (SSSR count). The fourth-order valence-electron chi connectivity index (χ4n) is 2.90. The summed E-state index contributed by atoms with van der Waals surface area (Å²) in [6, 6.07) is 12.0. The second-order valence-corrected chi connectivity index (χ2v) is 8.03. The van der Waals surface area contributed by atoms with E-state index in [2.05, 4.69) is 10.1 Å². The van der Waals surface area contributed by atoms with Crippen molar-refractivity contribution < 1.29 is 13.6 Å². The van der Waals surface area contributed by atoms with Crippen molar-refractivity contribution >= 4 is 63.0 Å². The number of benzene rings is 1. The fraction of sp³-hybridized carbons (Fsp3) is 0. The van der Waals surface area contributed by atoms with Crippen LogP contribution < -0.4 is 0 Å². The highest BCUT2D eigenvalue weighted by atomic mass is 35.5. The van der Waals surface area contributed by atoms with Gasteiger partial charge in [-0.05, 0) is 60.3 Å². The summed E-state index contributed by atoms with van der Waals surface area (Å²) >= 11 is 13.3. The lowest BCUT2D eigenvalue weighted by atomic mass is 10.1. The molecule has 0 spiro atoms. The van der Waals surface area contributed by atoms with Crippen LogP contribution in [0.5, 0.6) is 0 Å². The van der Waals surface area contributed by atoms with Gasteiger partial charge in [-0.1, -0.05) is 23.2 Å². The molecular formula is C20H10Cl2N4O3S. The summed E-state index contributed by atoms with van der Waals surface area (Å²) in [5, 5.41) is 15.9. The van der Waals surface area contributed by atoms with Gasteiger partial charge in [0.1, 0.15) is 11.5 Å². The molecule has 2 aliphatic heterocycles. The van der Waals surface area contributed by atoms with Crippen molar-refractivity contribution in [3.8, 4) is 11.3 Å². The van der Waals surface area contributed by atoms with Crippen LogP contribution in [0.1, 0.15) is 11.5 Å². The molecule has 10 heteroatoms. The van der Waals surface area contributed by atoms with Gasteiger partial charge in [-0.3, -0.25) is 10.2 Å². The van der Waals surface area contributed by atoms with Gasteiger partial charge in [0.15, 0.2) is 16.6 Å². The van der Waals surface area contributed by atoms with Crippen LogP contribution in [0.25, 0.3) is 17.4 Å². The number of hydrogen-bond donors (Lipinski definition) is 1. The first-order chi connectivity index (χ1) is 14.5. The molecule has 30 heavy (non-hydrogen) atoms. The number of furan rings is 2. The number of nitrogens with one attached hydrogen (secondary N) is 1. The monoisotopic (exact) mass is 456 g/mol. The minimum absolute atomic E-state index is 0.0619. The minimum Gasteiger partial charge on any atom is -0.462 e. The second-order valence-electron chi connectivity index (χ2n) is 6.23. The SMILES string of the molecule is N=C1C(=Cc2ccc(-c3ccc(Cl)cc3Cl)o2)C(=O)N=C2SC(c3ccco3)=NN12. The maximum atomic E-state index is 12.5. The summed E-state index contributed by atoms with van der Waals surface area (Å²) in [6.07, 6.45) is 2.99. The number of thioether (sulfide) groups is 1. The van der Waals surface area contributed by atoms with Crippen LogP contribution in [0.3, 0.4) is 0 Å². The molecule has 2 aromatic heterocycles. The molecular weight excluding hydrogens is 447 g/mol. The van der Waals surface area contributed by atoms with Gasteiger partial charge in [-0.15, -0.1) is 0 Å². The molecule has 0 atom stereocenters. The highest BCUT2D eigenvalue weighted by molar-refractivity contribution is 8.27. The molecule has 7 nitrogen and oxygen atoms in total. The maximum Gasteiger partial charge on any atom is 0.283 e. The molecule has 0 saturated carbocycles. The van der Waals surface area contributed by atoms with Crippen molar-refractivity contribution in [2.75, 3.05) is 0 Å². The quantitative estimate of drug-likeness (QED) is 0.523. The third kappa shape index (κ3) is 3.28. The van der Waals surface area contributed by atoms with Gasteiger partial charge in [-0.25, -0.2) is 0 Å². The van der Waals surface area contributed by atoms with E-state index in [4.69, 9.17) is 37.4 Å². The average molecular weight is 457 g/mol. The van der Waals surface area contributed by atoms with E-state index in [-0.39, 0.29) is 11.4 Å². The van der Waals surface area contributed by atoms with E-state index in [9.17, 15) is 4.79 Å². The Balaban J connectivity index is 1.46. The Bertz CT molecular complexity index is 1290. The standard InChI is InChI=1S/C20H10Cl2N4O3S/c21-10-3-5-12(14(22)8-10)15-6-4-11(29-15)9-13-17(23)26-20(24-18(13)27)30-19(25-26)16-2-1-7-28-16/h1-9,23H. The molecule has 0 unspecified atom stereocenters. The molecule has 0 radical (unpaired) electrons. The molecule has 0 aliphatic carbocycles. The first-order valence-electron chi connectivity index (χ1n) is 8.59. The van der Waals surface area contributed by atoms with E-state index in [1.54, 1.807) is 42.5 Å². The Morgan fingerprint density at radius 2 is 2.00 bits per heavy atom. The molecule has 2 aliphatic rings. The van der Waals surface area contributed by atoms with E-state index in [0.29, 0.717) is 43.1 Å². The summed E-state index contributed by atoms with van der Waals surface area (Å²) in [4.78, 5) is 16.6. The number of fused-ring (bicyclic) bond motifs is 1. The van der Waals surface area contributed by atoms with Crippen molar-refractivity contribution in [3.05, 3.63) is 75.9 Å². The number of hydrazone groups is 1.